The second-order valence-electron chi connectivity index (χ2n) is 7.17. The van der Waals surface area contributed by atoms with Crippen LogP contribution in [0.2, 0.25) is 5.02 Å². The third-order valence-corrected chi connectivity index (χ3v) is 4.92. The van der Waals surface area contributed by atoms with E-state index in [1.165, 1.54) is 19.3 Å². The molecule has 2 nitrogen and oxygen atoms in total. The molecule has 0 saturated carbocycles. The fourth-order valence-corrected chi connectivity index (χ4v) is 3.40. The maximum Gasteiger partial charge on any atom is 0.178 e. The van der Waals surface area contributed by atoms with E-state index in [1.54, 1.807) is 6.07 Å². The summed E-state index contributed by atoms with van der Waals surface area (Å²) in [6.07, 6.45) is 3.62. The molecule has 0 aliphatic carbocycles. The molecule has 1 aliphatic heterocycles. The molecule has 1 saturated heterocycles. The van der Waals surface area contributed by atoms with E-state index in [0.29, 0.717) is 22.5 Å². The maximum atomic E-state index is 12.4. The summed E-state index contributed by atoms with van der Waals surface area (Å²) in [6, 6.07) is 7.34. The van der Waals surface area contributed by atoms with Crippen LogP contribution >= 0.6 is 11.6 Å². The largest absolute Gasteiger partial charge is 0.296 e. The van der Waals surface area contributed by atoms with E-state index in [1.807, 2.05) is 18.2 Å². The number of ketones is 1. The second-order valence-corrected chi connectivity index (χ2v) is 7.58. The number of carbonyl (C=O) groups is 1. The summed E-state index contributed by atoms with van der Waals surface area (Å²) in [5, 5.41) is 0.560. The molecule has 0 aromatic heterocycles. The standard InChI is InChI=1S/C18H26ClNO/c1-18(2,3)14-7-6-11-20(12-10-14)13-17(21)15-8-4-5-9-16(15)19/h4-5,8-9,14H,6-7,10-13H2,1-3H3. The van der Waals surface area contributed by atoms with Crippen molar-refractivity contribution in [1.82, 2.24) is 4.90 Å². The van der Waals surface area contributed by atoms with Crippen molar-refractivity contribution in [3.05, 3.63) is 34.9 Å². The smallest absolute Gasteiger partial charge is 0.178 e. The Morgan fingerprint density at radius 3 is 2.62 bits per heavy atom. The van der Waals surface area contributed by atoms with Gasteiger partial charge in [-0.15, -0.1) is 0 Å². The average Bonchev–Trinajstić information content (AvgIpc) is 2.64. The van der Waals surface area contributed by atoms with Crippen LogP contribution in [0, 0.1) is 11.3 Å². The molecule has 1 aromatic carbocycles. The fourth-order valence-electron chi connectivity index (χ4n) is 3.16. The zero-order valence-electron chi connectivity index (χ0n) is 13.4. The first kappa shape index (κ1) is 16.5. The molecule has 1 atom stereocenters. The number of hydrogen-bond donors (Lipinski definition) is 0. The van der Waals surface area contributed by atoms with E-state index in [-0.39, 0.29) is 5.78 Å². The van der Waals surface area contributed by atoms with Gasteiger partial charge in [0.25, 0.3) is 0 Å². The Bertz CT molecular complexity index is 492. The van der Waals surface area contributed by atoms with Crippen LogP contribution in [0.5, 0.6) is 0 Å². The van der Waals surface area contributed by atoms with Crippen LogP contribution in [-0.2, 0) is 0 Å². The van der Waals surface area contributed by atoms with Crippen molar-refractivity contribution in [2.24, 2.45) is 11.3 Å². The molecule has 0 spiro atoms. The zero-order chi connectivity index (χ0) is 15.5. The number of benzene rings is 1. The fraction of sp³-hybridized carbons (Fsp3) is 0.611. The molecule has 1 aromatic rings. The lowest BCUT2D eigenvalue weighted by atomic mass is 9.77. The van der Waals surface area contributed by atoms with Gasteiger partial charge in [-0.2, -0.15) is 0 Å². The Hall–Kier alpha value is -0.860. The molecule has 1 fully saturated rings. The summed E-state index contributed by atoms with van der Waals surface area (Å²) >= 11 is 6.11. The van der Waals surface area contributed by atoms with Gasteiger partial charge in [-0.25, -0.2) is 0 Å². The van der Waals surface area contributed by atoms with E-state index in [9.17, 15) is 4.79 Å². The number of nitrogens with zero attached hydrogens (tertiary/aromatic N) is 1. The van der Waals surface area contributed by atoms with E-state index in [4.69, 9.17) is 11.6 Å². The Morgan fingerprint density at radius 2 is 1.95 bits per heavy atom. The second kappa shape index (κ2) is 6.93. The van der Waals surface area contributed by atoms with Gasteiger partial charge in [-0.05, 0) is 55.8 Å². The van der Waals surface area contributed by atoms with Crippen molar-refractivity contribution in [2.75, 3.05) is 19.6 Å². The van der Waals surface area contributed by atoms with Crippen LogP contribution in [0.15, 0.2) is 24.3 Å². The first-order valence-corrected chi connectivity index (χ1v) is 8.26. The first-order chi connectivity index (χ1) is 9.88. The molecule has 0 radical (unpaired) electrons. The van der Waals surface area contributed by atoms with Crippen LogP contribution in [0.4, 0.5) is 0 Å². The van der Waals surface area contributed by atoms with Crippen LogP contribution < -0.4 is 0 Å². The topological polar surface area (TPSA) is 20.3 Å². The van der Waals surface area contributed by atoms with Crippen molar-refractivity contribution in [2.45, 2.75) is 40.0 Å². The molecule has 2 rings (SSSR count). The third-order valence-electron chi connectivity index (χ3n) is 4.59. The van der Waals surface area contributed by atoms with Gasteiger partial charge in [0.2, 0.25) is 0 Å². The van der Waals surface area contributed by atoms with Crippen molar-refractivity contribution in [1.29, 1.82) is 0 Å². The summed E-state index contributed by atoms with van der Waals surface area (Å²) in [6.45, 7) is 9.48. The monoisotopic (exact) mass is 307 g/mol. The Labute approximate surface area is 133 Å². The Kier molecular flexibility index (Phi) is 5.45. The molecule has 0 amide bonds. The molecular formula is C18H26ClNO. The molecule has 1 aliphatic rings. The summed E-state index contributed by atoms with van der Waals surface area (Å²) in [5.41, 5.74) is 1.01. The van der Waals surface area contributed by atoms with Gasteiger partial charge in [0, 0.05) is 5.56 Å². The maximum absolute atomic E-state index is 12.4. The number of rotatable bonds is 3. The van der Waals surface area contributed by atoms with E-state index in [0.717, 1.165) is 19.0 Å². The molecule has 116 valence electrons. The van der Waals surface area contributed by atoms with Crippen molar-refractivity contribution >= 4 is 17.4 Å². The molecule has 1 heterocycles. The third kappa shape index (κ3) is 4.55. The van der Waals surface area contributed by atoms with Gasteiger partial charge in [0.15, 0.2) is 5.78 Å². The normalized spacial score (nSPS) is 21.0. The molecule has 3 heteroatoms. The predicted molar refractivity (Wildman–Crippen MR) is 89.0 cm³/mol. The summed E-state index contributed by atoms with van der Waals surface area (Å²) in [4.78, 5) is 14.7. The number of likely N-dealkylation sites (tertiary alicyclic amines) is 1. The zero-order valence-corrected chi connectivity index (χ0v) is 14.1. The van der Waals surface area contributed by atoms with Gasteiger partial charge < -0.3 is 0 Å². The number of carbonyl (C=O) groups excluding carboxylic acids is 1. The van der Waals surface area contributed by atoms with Crippen LogP contribution in [0.3, 0.4) is 0 Å². The summed E-state index contributed by atoms with van der Waals surface area (Å²) in [5.74, 6) is 0.882. The van der Waals surface area contributed by atoms with E-state index < -0.39 is 0 Å². The van der Waals surface area contributed by atoms with E-state index >= 15 is 0 Å². The van der Waals surface area contributed by atoms with Crippen molar-refractivity contribution < 1.29 is 4.79 Å². The Balaban J connectivity index is 1.95. The minimum atomic E-state index is 0.134. The quantitative estimate of drug-likeness (QED) is 0.756. The first-order valence-electron chi connectivity index (χ1n) is 7.88. The summed E-state index contributed by atoms with van der Waals surface area (Å²) in [7, 11) is 0. The molecule has 1 unspecified atom stereocenters. The minimum absolute atomic E-state index is 0.134. The molecule has 0 bridgehead atoms. The lowest BCUT2D eigenvalue weighted by Gasteiger charge is -2.29. The highest BCUT2D eigenvalue weighted by molar-refractivity contribution is 6.34. The lowest BCUT2D eigenvalue weighted by Crippen LogP contribution is -2.31. The molecular weight excluding hydrogens is 282 g/mol. The van der Waals surface area contributed by atoms with Crippen LogP contribution in [-0.4, -0.2) is 30.3 Å². The lowest BCUT2D eigenvalue weighted by molar-refractivity contribution is 0.0930. The van der Waals surface area contributed by atoms with E-state index in [2.05, 4.69) is 25.7 Å². The van der Waals surface area contributed by atoms with Gasteiger partial charge in [-0.3, -0.25) is 9.69 Å². The number of halogens is 1. The average molecular weight is 308 g/mol. The highest BCUT2D eigenvalue weighted by Crippen LogP contribution is 2.34. The van der Waals surface area contributed by atoms with Gasteiger partial charge in [-0.1, -0.05) is 44.5 Å². The molecule has 21 heavy (non-hydrogen) atoms. The molecule has 0 N–H and O–H groups in total. The van der Waals surface area contributed by atoms with Crippen LogP contribution in [0.1, 0.15) is 50.4 Å². The Morgan fingerprint density at radius 1 is 1.24 bits per heavy atom. The SMILES string of the molecule is CC(C)(C)C1CCCN(CC(=O)c2ccccc2Cl)CC1. The highest BCUT2D eigenvalue weighted by atomic mass is 35.5. The van der Waals surface area contributed by atoms with Crippen LogP contribution in [0.25, 0.3) is 0 Å². The van der Waals surface area contributed by atoms with Crippen molar-refractivity contribution in [3.8, 4) is 0 Å². The minimum Gasteiger partial charge on any atom is -0.296 e. The predicted octanol–water partition coefficient (Wildman–Crippen LogP) is 4.67. The van der Waals surface area contributed by atoms with Gasteiger partial charge in [0.1, 0.15) is 0 Å². The van der Waals surface area contributed by atoms with Gasteiger partial charge >= 0.3 is 0 Å². The number of hydrogen-bond acceptors (Lipinski definition) is 2. The van der Waals surface area contributed by atoms with Crippen molar-refractivity contribution in [3.63, 3.8) is 0 Å². The summed E-state index contributed by atoms with van der Waals surface area (Å²) < 4.78 is 0. The number of Topliss-reactive ketones (excluding diaryl/α,β-unsaturated/α-hetero) is 1. The van der Waals surface area contributed by atoms with Gasteiger partial charge in [0.05, 0.1) is 11.6 Å². The highest BCUT2D eigenvalue weighted by Gasteiger charge is 2.27.